The summed E-state index contributed by atoms with van der Waals surface area (Å²) in [6.07, 6.45) is 1.61. The topological polar surface area (TPSA) is 122 Å². The number of carboxylic acids is 1. The maximum absolute atomic E-state index is 11.3. The van der Waals surface area contributed by atoms with Crippen molar-refractivity contribution in [3.8, 4) is 0 Å². The summed E-state index contributed by atoms with van der Waals surface area (Å²) in [5.41, 5.74) is 5.77. The Labute approximate surface area is 102 Å². The van der Waals surface area contributed by atoms with Gasteiger partial charge in [0, 0.05) is 23.5 Å². The van der Waals surface area contributed by atoms with E-state index in [4.69, 9.17) is 10.8 Å². The second-order valence-corrected chi connectivity index (χ2v) is 3.23. The van der Waals surface area contributed by atoms with Crippen LogP contribution in [0.15, 0.2) is 36.4 Å². The third-order valence-electron chi connectivity index (χ3n) is 1.77. The fraction of sp³-hybridized carbons (Fsp3) is 0. The smallest absolute Gasteiger partial charge is 0.328 e. The molecule has 0 fully saturated rings. The number of carboxylic acid groups (broad SMARTS) is 1. The summed E-state index contributed by atoms with van der Waals surface area (Å²) >= 11 is 0. The van der Waals surface area contributed by atoms with Gasteiger partial charge >= 0.3 is 12.0 Å². The maximum Gasteiger partial charge on any atom is 0.328 e. The van der Waals surface area contributed by atoms with Crippen molar-refractivity contribution in [2.75, 3.05) is 10.6 Å². The molecule has 7 heteroatoms. The number of hydrogen-bond acceptors (Lipinski definition) is 3. The predicted molar refractivity (Wildman–Crippen MR) is 65.1 cm³/mol. The molecule has 0 saturated heterocycles. The van der Waals surface area contributed by atoms with E-state index in [1.54, 1.807) is 18.2 Å². The van der Waals surface area contributed by atoms with Crippen LogP contribution in [0, 0.1) is 0 Å². The molecule has 1 rings (SSSR count). The van der Waals surface area contributed by atoms with Gasteiger partial charge < -0.3 is 21.5 Å². The van der Waals surface area contributed by atoms with Gasteiger partial charge in [0.15, 0.2) is 0 Å². The van der Waals surface area contributed by atoms with Crippen LogP contribution in [0.2, 0.25) is 0 Å². The highest BCUT2D eigenvalue weighted by Gasteiger charge is 2.01. The summed E-state index contributed by atoms with van der Waals surface area (Å²) in [6.45, 7) is 0. The quantitative estimate of drug-likeness (QED) is 0.588. The normalized spacial score (nSPS) is 10.0. The van der Waals surface area contributed by atoms with Gasteiger partial charge in [0.05, 0.1) is 0 Å². The molecule has 5 N–H and O–H groups in total. The first-order valence-corrected chi connectivity index (χ1v) is 4.86. The molecule has 18 heavy (non-hydrogen) atoms. The lowest BCUT2D eigenvalue weighted by Crippen LogP contribution is -2.19. The zero-order valence-corrected chi connectivity index (χ0v) is 9.21. The Morgan fingerprint density at radius 2 is 1.72 bits per heavy atom. The van der Waals surface area contributed by atoms with Crippen LogP contribution in [0.4, 0.5) is 16.2 Å². The first-order valence-electron chi connectivity index (χ1n) is 4.86. The zero-order chi connectivity index (χ0) is 13.5. The third kappa shape index (κ3) is 4.79. The molecule has 0 heterocycles. The molecule has 0 unspecified atom stereocenters. The van der Waals surface area contributed by atoms with Gasteiger partial charge in [-0.3, -0.25) is 4.79 Å². The number of nitrogens with two attached hydrogens (primary N) is 1. The van der Waals surface area contributed by atoms with Crippen LogP contribution in [-0.4, -0.2) is 23.0 Å². The maximum atomic E-state index is 11.3. The van der Waals surface area contributed by atoms with Gasteiger partial charge in [-0.25, -0.2) is 9.59 Å². The molecule has 0 radical (unpaired) electrons. The highest BCUT2D eigenvalue weighted by Crippen LogP contribution is 2.14. The van der Waals surface area contributed by atoms with Gasteiger partial charge in [0.2, 0.25) is 5.91 Å². The number of carbonyl (C=O) groups is 3. The molecule has 0 aromatic heterocycles. The Bertz CT molecular complexity index is 511. The van der Waals surface area contributed by atoms with E-state index in [0.717, 1.165) is 12.2 Å². The highest BCUT2D eigenvalue weighted by atomic mass is 16.4. The monoisotopic (exact) mass is 249 g/mol. The van der Waals surface area contributed by atoms with Gasteiger partial charge in [-0.05, 0) is 18.2 Å². The summed E-state index contributed by atoms with van der Waals surface area (Å²) in [6, 6.07) is 5.54. The van der Waals surface area contributed by atoms with Crippen molar-refractivity contribution in [3.05, 3.63) is 36.4 Å². The summed E-state index contributed by atoms with van der Waals surface area (Å²) in [5.74, 6) is -1.80. The fourth-order valence-electron chi connectivity index (χ4n) is 1.15. The van der Waals surface area contributed by atoms with Crippen molar-refractivity contribution in [1.82, 2.24) is 0 Å². The Morgan fingerprint density at radius 3 is 2.28 bits per heavy atom. The summed E-state index contributed by atoms with van der Waals surface area (Å²) in [4.78, 5) is 32.1. The standard InChI is InChI=1S/C11H11N3O4/c12-11(18)14-8-3-1-2-7(6-8)13-9(15)4-5-10(16)17/h1-6H,(H,13,15)(H,16,17)(H3,12,14,18). The number of benzene rings is 1. The SMILES string of the molecule is NC(=O)Nc1cccc(NC(=O)C=CC(=O)O)c1. The average Bonchev–Trinajstić information content (AvgIpc) is 2.26. The molecule has 0 aliphatic carbocycles. The van der Waals surface area contributed by atoms with Gasteiger partial charge in [-0.1, -0.05) is 6.07 Å². The Morgan fingerprint density at radius 1 is 1.11 bits per heavy atom. The van der Waals surface area contributed by atoms with Crippen LogP contribution >= 0.6 is 0 Å². The average molecular weight is 249 g/mol. The molecule has 0 saturated carbocycles. The van der Waals surface area contributed by atoms with E-state index in [-0.39, 0.29) is 0 Å². The number of anilines is 2. The van der Waals surface area contributed by atoms with Crippen molar-refractivity contribution < 1.29 is 19.5 Å². The first-order chi connectivity index (χ1) is 8.47. The second kappa shape index (κ2) is 6.04. The summed E-state index contributed by atoms with van der Waals surface area (Å²) in [5, 5.41) is 13.1. The Hall–Kier alpha value is -2.83. The third-order valence-corrected chi connectivity index (χ3v) is 1.77. The van der Waals surface area contributed by atoms with Gasteiger partial charge in [0.1, 0.15) is 0 Å². The van der Waals surface area contributed by atoms with Crippen LogP contribution in [0.3, 0.4) is 0 Å². The fourth-order valence-corrected chi connectivity index (χ4v) is 1.15. The van der Waals surface area contributed by atoms with Crippen molar-refractivity contribution in [2.45, 2.75) is 0 Å². The summed E-state index contributed by atoms with van der Waals surface area (Å²) in [7, 11) is 0. The van der Waals surface area contributed by atoms with Crippen LogP contribution in [0.5, 0.6) is 0 Å². The first kappa shape index (κ1) is 13.2. The Balaban J connectivity index is 2.70. The predicted octanol–water partition coefficient (Wildman–Crippen LogP) is 0.756. The molecule has 3 amide bonds. The lowest BCUT2D eigenvalue weighted by molar-refractivity contribution is -0.131. The number of primary amides is 1. The highest BCUT2D eigenvalue weighted by molar-refractivity contribution is 6.02. The zero-order valence-electron chi connectivity index (χ0n) is 9.21. The lowest BCUT2D eigenvalue weighted by atomic mass is 10.2. The minimum Gasteiger partial charge on any atom is -0.478 e. The van der Waals surface area contributed by atoms with Crippen LogP contribution in [-0.2, 0) is 9.59 Å². The second-order valence-electron chi connectivity index (χ2n) is 3.23. The van der Waals surface area contributed by atoms with E-state index in [2.05, 4.69) is 10.6 Å². The van der Waals surface area contributed by atoms with Gasteiger partial charge in [0.25, 0.3) is 0 Å². The van der Waals surface area contributed by atoms with Crippen molar-refractivity contribution in [3.63, 3.8) is 0 Å². The van der Waals surface area contributed by atoms with E-state index in [0.29, 0.717) is 11.4 Å². The molecule has 7 nitrogen and oxygen atoms in total. The number of carbonyl (C=O) groups excluding carboxylic acids is 2. The molecule has 1 aromatic carbocycles. The van der Waals surface area contributed by atoms with Gasteiger partial charge in [-0.15, -0.1) is 0 Å². The molecular weight excluding hydrogens is 238 g/mol. The number of aliphatic carboxylic acids is 1. The minimum absolute atomic E-state index is 0.404. The number of urea groups is 1. The van der Waals surface area contributed by atoms with Crippen LogP contribution in [0.25, 0.3) is 0 Å². The van der Waals surface area contributed by atoms with Crippen molar-refractivity contribution >= 4 is 29.3 Å². The number of amides is 3. The molecule has 0 aliphatic heterocycles. The lowest BCUT2D eigenvalue weighted by Gasteiger charge is -2.05. The Kier molecular flexibility index (Phi) is 4.44. The summed E-state index contributed by atoms with van der Waals surface area (Å²) < 4.78 is 0. The largest absolute Gasteiger partial charge is 0.478 e. The molecular formula is C11H11N3O4. The number of rotatable bonds is 4. The van der Waals surface area contributed by atoms with Crippen LogP contribution < -0.4 is 16.4 Å². The van der Waals surface area contributed by atoms with E-state index in [1.807, 2.05) is 0 Å². The van der Waals surface area contributed by atoms with Crippen molar-refractivity contribution in [1.29, 1.82) is 0 Å². The molecule has 0 bridgehead atoms. The van der Waals surface area contributed by atoms with E-state index < -0.39 is 17.9 Å². The van der Waals surface area contributed by atoms with E-state index in [1.165, 1.54) is 6.07 Å². The van der Waals surface area contributed by atoms with E-state index in [9.17, 15) is 14.4 Å². The van der Waals surface area contributed by atoms with Crippen molar-refractivity contribution in [2.24, 2.45) is 5.73 Å². The molecule has 94 valence electrons. The van der Waals surface area contributed by atoms with Gasteiger partial charge in [-0.2, -0.15) is 0 Å². The van der Waals surface area contributed by atoms with E-state index >= 15 is 0 Å². The number of nitrogens with one attached hydrogen (secondary N) is 2. The molecule has 0 spiro atoms. The molecule has 0 aliphatic rings. The number of hydrogen-bond donors (Lipinski definition) is 4. The van der Waals surface area contributed by atoms with Crippen LogP contribution in [0.1, 0.15) is 0 Å². The molecule has 0 atom stereocenters. The molecule has 1 aromatic rings. The minimum atomic E-state index is -1.21.